The average molecular weight is 404 g/mol. The Morgan fingerprint density at radius 3 is 2.11 bits per heavy atom. The van der Waals surface area contributed by atoms with E-state index < -0.39 is 5.91 Å². The van der Waals surface area contributed by atoms with Crippen molar-refractivity contribution in [2.45, 2.75) is 20.8 Å². The summed E-state index contributed by atoms with van der Waals surface area (Å²) in [7, 11) is 0. The Labute approximate surface area is 169 Å². The minimum Gasteiger partial charge on any atom is -0.506 e. The van der Waals surface area contributed by atoms with E-state index in [4.69, 9.17) is 26.4 Å². The molecule has 7 nitrogen and oxygen atoms in total. The highest BCUT2D eigenvalue weighted by Gasteiger charge is 2.19. The Kier molecular flexibility index (Phi) is 7.88. The second kappa shape index (κ2) is 10.4. The smallest absolute Gasteiger partial charge is 0.257 e. The summed E-state index contributed by atoms with van der Waals surface area (Å²) in [6, 6.07) is 9.74. The zero-order valence-electron chi connectivity index (χ0n) is 16.1. The summed E-state index contributed by atoms with van der Waals surface area (Å²) in [6.07, 6.45) is 0. The summed E-state index contributed by atoms with van der Waals surface area (Å²) >= 11 is 5.17. The van der Waals surface area contributed by atoms with Crippen molar-refractivity contribution >= 4 is 28.9 Å². The van der Waals surface area contributed by atoms with E-state index in [0.29, 0.717) is 48.3 Å². The molecular weight excluding hydrogens is 380 g/mol. The molecule has 0 saturated heterocycles. The molecule has 2 rings (SSSR count). The Morgan fingerprint density at radius 2 is 1.57 bits per heavy atom. The summed E-state index contributed by atoms with van der Waals surface area (Å²) in [5, 5.41) is 15.2. The summed E-state index contributed by atoms with van der Waals surface area (Å²) in [5.74, 6) is 0.869. The van der Waals surface area contributed by atoms with Crippen LogP contribution in [0.25, 0.3) is 0 Å². The van der Waals surface area contributed by atoms with Crippen molar-refractivity contribution < 1.29 is 24.1 Å². The van der Waals surface area contributed by atoms with Gasteiger partial charge in [-0.25, -0.2) is 0 Å². The second-order valence-corrected chi connectivity index (χ2v) is 5.93. The van der Waals surface area contributed by atoms with Gasteiger partial charge in [0.05, 0.1) is 25.5 Å². The van der Waals surface area contributed by atoms with Crippen LogP contribution < -0.4 is 24.8 Å². The third kappa shape index (κ3) is 5.50. The van der Waals surface area contributed by atoms with Crippen molar-refractivity contribution in [1.29, 1.82) is 0 Å². The fourth-order valence-electron chi connectivity index (χ4n) is 2.43. The normalized spacial score (nSPS) is 10.1. The maximum absolute atomic E-state index is 12.7. The maximum atomic E-state index is 12.7. The second-order valence-electron chi connectivity index (χ2n) is 5.53. The van der Waals surface area contributed by atoms with Gasteiger partial charge in [-0.1, -0.05) is 12.1 Å². The van der Waals surface area contributed by atoms with Gasteiger partial charge in [0.1, 0.15) is 5.75 Å². The quantitative estimate of drug-likeness (QED) is 0.456. The van der Waals surface area contributed by atoms with Crippen LogP contribution in [0.3, 0.4) is 0 Å². The van der Waals surface area contributed by atoms with E-state index in [0.717, 1.165) is 0 Å². The lowest BCUT2D eigenvalue weighted by atomic mass is 10.1. The molecule has 0 aliphatic rings. The summed E-state index contributed by atoms with van der Waals surface area (Å²) in [6.45, 7) is 6.78. The highest BCUT2D eigenvalue weighted by Crippen LogP contribution is 2.39. The number of phenolic OH excluding ortho intramolecular Hbond substituents is 1. The van der Waals surface area contributed by atoms with E-state index in [1.165, 1.54) is 6.07 Å². The topological polar surface area (TPSA) is 89.1 Å². The number of phenols is 1. The molecule has 0 saturated carbocycles. The number of carbonyl (C=O) groups excluding carboxylic acids is 1. The van der Waals surface area contributed by atoms with E-state index >= 15 is 0 Å². The minimum absolute atomic E-state index is 0.0254. The molecule has 28 heavy (non-hydrogen) atoms. The molecule has 0 aliphatic carbocycles. The van der Waals surface area contributed by atoms with E-state index in [-0.39, 0.29) is 10.9 Å². The van der Waals surface area contributed by atoms with Crippen molar-refractivity contribution in [2.24, 2.45) is 0 Å². The van der Waals surface area contributed by atoms with Gasteiger partial charge in [-0.3, -0.25) is 10.1 Å². The highest BCUT2D eigenvalue weighted by molar-refractivity contribution is 7.80. The third-order valence-electron chi connectivity index (χ3n) is 3.55. The van der Waals surface area contributed by atoms with Gasteiger partial charge in [0.25, 0.3) is 5.91 Å². The first-order valence-corrected chi connectivity index (χ1v) is 9.37. The van der Waals surface area contributed by atoms with E-state index in [9.17, 15) is 9.90 Å². The fourth-order valence-corrected chi connectivity index (χ4v) is 2.63. The predicted molar refractivity (Wildman–Crippen MR) is 112 cm³/mol. The first-order valence-electron chi connectivity index (χ1n) is 8.96. The van der Waals surface area contributed by atoms with Gasteiger partial charge in [0.2, 0.25) is 5.75 Å². The standard InChI is InChI=1S/C20H24N2O5S/c1-4-25-16-11-13(12-17(26-5-2)18(16)27-6-3)19(24)22-20(28)21-14-9-7-8-10-15(14)23/h7-12,23H,4-6H2,1-3H3,(H2,21,22,24,28). The number of hydrogen-bond donors (Lipinski definition) is 3. The number of anilines is 1. The lowest BCUT2D eigenvalue weighted by Gasteiger charge is -2.17. The summed E-state index contributed by atoms with van der Waals surface area (Å²) in [4.78, 5) is 12.7. The van der Waals surface area contributed by atoms with Gasteiger partial charge >= 0.3 is 0 Å². The molecule has 150 valence electrons. The largest absolute Gasteiger partial charge is 0.506 e. The number of amides is 1. The Bertz CT molecular complexity index is 814. The number of rotatable bonds is 8. The molecule has 0 atom stereocenters. The maximum Gasteiger partial charge on any atom is 0.257 e. The van der Waals surface area contributed by atoms with Crippen molar-refractivity contribution in [3.05, 3.63) is 42.0 Å². The average Bonchev–Trinajstić information content (AvgIpc) is 2.66. The molecule has 0 bridgehead atoms. The third-order valence-corrected chi connectivity index (χ3v) is 3.75. The van der Waals surface area contributed by atoms with Gasteiger partial charge in [-0.15, -0.1) is 0 Å². The van der Waals surface area contributed by atoms with Gasteiger partial charge in [-0.05, 0) is 57.3 Å². The van der Waals surface area contributed by atoms with Crippen molar-refractivity contribution in [3.8, 4) is 23.0 Å². The zero-order chi connectivity index (χ0) is 20.5. The molecular formula is C20H24N2O5S. The van der Waals surface area contributed by atoms with E-state index in [1.54, 1.807) is 30.3 Å². The Morgan fingerprint density at radius 1 is 1.00 bits per heavy atom. The number of para-hydroxylation sites is 2. The molecule has 0 heterocycles. The van der Waals surface area contributed by atoms with E-state index in [2.05, 4.69) is 10.6 Å². The minimum atomic E-state index is -0.446. The molecule has 0 aliphatic heterocycles. The van der Waals surface area contributed by atoms with Gasteiger partial charge < -0.3 is 24.6 Å². The van der Waals surface area contributed by atoms with Gasteiger partial charge in [0, 0.05) is 5.56 Å². The lowest BCUT2D eigenvalue weighted by Crippen LogP contribution is -2.34. The molecule has 0 fully saturated rings. The van der Waals surface area contributed by atoms with Crippen LogP contribution in [0.2, 0.25) is 0 Å². The molecule has 3 N–H and O–H groups in total. The van der Waals surface area contributed by atoms with Gasteiger partial charge in [-0.2, -0.15) is 0 Å². The van der Waals surface area contributed by atoms with Crippen molar-refractivity contribution in [2.75, 3.05) is 25.1 Å². The van der Waals surface area contributed by atoms with Crippen molar-refractivity contribution in [1.82, 2.24) is 5.32 Å². The van der Waals surface area contributed by atoms with Crippen LogP contribution in [0.5, 0.6) is 23.0 Å². The first-order chi connectivity index (χ1) is 13.5. The number of carbonyl (C=O) groups is 1. The van der Waals surface area contributed by atoms with Crippen LogP contribution >= 0.6 is 12.2 Å². The molecule has 0 spiro atoms. The number of ether oxygens (including phenoxy) is 3. The van der Waals surface area contributed by atoms with Gasteiger partial charge in [0.15, 0.2) is 16.6 Å². The monoisotopic (exact) mass is 404 g/mol. The Balaban J connectivity index is 2.23. The van der Waals surface area contributed by atoms with Crippen LogP contribution in [-0.2, 0) is 0 Å². The number of hydrogen-bond acceptors (Lipinski definition) is 6. The van der Waals surface area contributed by atoms with Crippen LogP contribution in [0.1, 0.15) is 31.1 Å². The fraction of sp³-hybridized carbons (Fsp3) is 0.300. The zero-order valence-corrected chi connectivity index (χ0v) is 16.9. The van der Waals surface area contributed by atoms with Crippen LogP contribution in [-0.4, -0.2) is 35.9 Å². The molecule has 8 heteroatoms. The number of aromatic hydroxyl groups is 1. The lowest BCUT2D eigenvalue weighted by molar-refractivity contribution is 0.0976. The number of benzene rings is 2. The summed E-state index contributed by atoms with van der Waals surface area (Å²) < 4.78 is 16.9. The highest BCUT2D eigenvalue weighted by atomic mass is 32.1. The van der Waals surface area contributed by atoms with E-state index in [1.807, 2.05) is 20.8 Å². The summed E-state index contributed by atoms with van der Waals surface area (Å²) in [5.41, 5.74) is 0.696. The molecule has 0 aromatic heterocycles. The molecule has 0 unspecified atom stereocenters. The van der Waals surface area contributed by atoms with Crippen LogP contribution in [0, 0.1) is 0 Å². The molecule has 2 aromatic rings. The van der Waals surface area contributed by atoms with Crippen molar-refractivity contribution in [3.63, 3.8) is 0 Å². The van der Waals surface area contributed by atoms with Crippen LogP contribution in [0.15, 0.2) is 36.4 Å². The molecule has 0 radical (unpaired) electrons. The molecule has 1 amide bonds. The number of thiocarbonyl (C=S) groups is 1. The first kappa shape index (κ1) is 21.3. The molecule has 2 aromatic carbocycles. The number of nitrogens with one attached hydrogen (secondary N) is 2. The Hall–Kier alpha value is -3.00. The SMILES string of the molecule is CCOc1cc(C(=O)NC(=S)Nc2ccccc2O)cc(OCC)c1OCC. The predicted octanol–water partition coefficient (Wildman–Crippen LogP) is 3.72. The van der Waals surface area contributed by atoms with Crippen LogP contribution in [0.4, 0.5) is 5.69 Å².